The zero-order chi connectivity index (χ0) is 11.3. The van der Waals surface area contributed by atoms with Gasteiger partial charge in [0.1, 0.15) is 0 Å². The van der Waals surface area contributed by atoms with Gasteiger partial charge in [0, 0.05) is 22.2 Å². The van der Waals surface area contributed by atoms with Crippen LogP contribution in [-0.2, 0) is 6.54 Å². The summed E-state index contributed by atoms with van der Waals surface area (Å²) in [6.07, 6.45) is 1.70. The molecule has 1 fully saturated rings. The molecule has 0 bridgehead atoms. The summed E-state index contributed by atoms with van der Waals surface area (Å²) in [4.78, 5) is 0. The fraction of sp³-hybridized carbons (Fsp3) is 0.364. The van der Waals surface area contributed by atoms with E-state index in [1.54, 1.807) is 10.9 Å². The predicted molar refractivity (Wildman–Crippen MR) is 60.5 cm³/mol. The third-order valence-corrected chi connectivity index (χ3v) is 3.45. The molecule has 1 atom stereocenters. The summed E-state index contributed by atoms with van der Waals surface area (Å²) in [6.45, 7) is 0.299. The highest BCUT2D eigenvalue weighted by Gasteiger charge is 2.56. The molecule has 84 valence electrons. The Kier molecular flexibility index (Phi) is 2.08. The highest BCUT2D eigenvalue weighted by atomic mass is 79.9. The molecule has 0 aliphatic heterocycles. The van der Waals surface area contributed by atoms with Gasteiger partial charge >= 0.3 is 0 Å². The second-order valence-corrected chi connectivity index (χ2v) is 5.11. The number of fused-ring (bicyclic) bond motifs is 1. The third kappa shape index (κ3) is 1.63. The molecule has 3 rings (SSSR count). The summed E-state index contributed by atoms with van der Waals surface area (Å²) >= 11 is 3.37. The average Bonchev–Trinajstić information content (AvgIpc) is 2.65. The van der Waals surface area contributed by atoms with Gasteiger partial charge < -0.3 is 0 Å². The summed E-state index contributed by atoms with van der Waals surface area (Å²) in [5.74, 6) is -3.03. The van der Waals surface area contributed by atoms with Crippen LogP contribution in [0, 0.1) is 5.92 Å². The molecule has 0 N–H and O–H groups in total. The van der Waals surface area contributed by atoms with Gasteiger partial charge in [-0.15, -0.1) is 0 Å². The largest absolute Gasteiger partial charge is 0.264 e. The van der Waals surface area contributed by atoms with Crippen molar-refractivity contribution >= 4 is 26.8 Å². The van der Waals surface area contributed by atoms with Crippen molar-refractivity contribution < 1.29 is 8.78 Å². The average molecular weight is 287 g/mol. The maximum Gasteiger partial charge on any atom is 0.253 e. The number of nitrogens with zero attached hydrogens (tertiary/aromatic N) is 2. The number of hydrogen-bond donors (Lipinski definition) is 0. The van der Waals surface area contributed by atoms with E-state index in [0.717, 1.165) is 15.4 Å². The van der Waals surface area contributed by atoms with Crippen molar-refractivity contribution in [3.05, 3.63) is 28.9 Å². The van der Waals surface area contributed by atoms with E-state index in [1.165, 1.54) is 0 Å². The van der Waals surface area contributed by atoms with Crippen LogP contribution in [-0.4, -0.2) is 15.7 Å². The molecular weight excluding hydrogens is 278 g/mol. The standard InChI is InChI=1S/C11H9BrF2N2/c12-9-2-1-7-5-15-16(10(7)3-9)6-8-4-11(8,13)14/h1-3,5,8H,4,6H2. The van der Waals surface area contributed by atoms with Crippen molar-refractivity contribution in [1.82, 2.24) is 9.78 Å². The molecule has 1 aromatic carbocycles. The summed E-state index contributed by atoms with van der Waals surface area (Å²) in [5, 5.41) is 5.12. The highest BCUT2D eigenvalue weighted by molar-refractivity contribution is 9.10. The molecule has 5 heteroatoms. The van der Waals surface area contributed by atoms with Crippen LogP contribution in [0.2, 0.25) is 0 Å². The van der Waals surface area contributed by atoms with Crippen molar-refractivity contribution in [2.75, 3.05) is 0 Å². The van der Waals surface area contributed by atoms with Crippen LogP contribution in [0.1, 0.15) is 6.42 Å². The molecule has 1 aromatic heterocycles. The van der Waals surface area contributed by atoms with E-state index in [0.29, 0.717) is 6.54 Å². The molecule has 0 radical (unpaired) electrons. The monoisotopic (exact) mass is 286 g/mol. The maximum absolute atomic E-state index is 12.8. The van der Waals surface area contributed by atoms with E-state index in [9.17, 15) is 8.78 Å². The molecule has 0 saturated heterocycles. The van der Waals surface area contributed by atoms with E-state index < -0.39 is 11.8 Å². The van der Waals surface area contributed by atoms with Crippen LogP contribution >= 0.6 is 15.9 Å². The van der Waals surface area contributed by atoms with Crippen molar-refractivity contribution in [3.8, 4) is 0 Å². The second kappa shape index (κ2) is 3.26. The first-order valence-corrected chi connectivity index (χ1v) is 5.84. The van der Waals surface area contributed by atoms with Crippen LogP contribution in [0.3, 0.4) is 0 Å². The normalized spacial score (nSPS) is 22.6. The minimum atomic E-state index is -2.48. The number of hydrogen-bond acceptors (Lipinski definition) is 1. The molecule has 1 heterocycles. The Balaban J connectivity index is 1.95. The lowest BCUT2D eigenvalue weighted by molar-refractivity contribution is 0.0945. The van der Waals surface area contributed by atoms with Crippen LogP contribution in [0.5, 0.6) is 0 Å². The van der Waals surface area contributed by atoms with Gasteiger partial charge in [0.05, 0.1) is 18.3 Å². The van der Waals surface area contributed by atoms with Crippen LogP contribution < -0.4 is 0 Å². The molecule has 2 aromatic rings. The summed E-state index contributed by atoms with van der Waals surface area (Å²) in [7, 11) is 0. The van der Waals surface area contributed by atoms with Crippen LogP contribution in [0.25, 0.3) is 10.9 Å². The van der Waals surface area contributed by atoms with Crippen molar-refractivity contribution in [1.29, 1.82) is 0 Å². The Morgan fingerprint density at radius 2 is 2.25 bits per heavy atom. The molecule has 1 aliphatic rings. The fourth-order valence-electron chi connectivity index (χ4n) is 1.87. The maximum atomic E-state index is 12.8. The van der Waals surface area contributed by atoms with E-state index in [1.807, 2.05) is 18.2 Å². The van der Waals surface area contributed by atoms with Gasteiger partial charge in [0.25, 0.3) is 5.92 Å². The minimum Gasteiger partial charge on any atom is -0.264 e. The Morgan fingerprint density at radius 3 is 2.94 bits per heavy atom. The van der Waals surface area contributed by atoms with Crippen LogP contribution in [0.15, 0.2) is 28.9 Å². The Hall–Kier alpha value is -0.970. The van der Waals surface area contributed by atoms with E-state index in [4.69, 9.17) is 0 Å². The number of alkyl halides is 2. The summed E-state index contributed by atoms with van der Waals surface area (Å²) in [6, 6.07) is 5.75. The van der Waals surface area contributed by atoms with Crippen molar-refractivity contribution in [2.24, 2.45) is 5.92 Å². The first-order chi connectivity index (χ1) is 7.56. The Labute approximate surface area is 99.4 Å². The van der Waals surface area contributed by atoms with Gasteiger partial charge in [-0.05, 0) is 12.1 Å². The second-order valence-electron chi connectivity index (χ2n) is 4.19. The summed E-state index contributed by atoms with van der Waals surface area (Å²) < 4.78 is 28.2. The third-order valence-electron chi connectivity index (χ3n) is 2.96. The van der Waals surface area contributed by atoms with E-state index in [-0.39, 0.29) is 6.42 Å². The molecule has 0 spiro atoms. The molecular formula is C11H9BrF2N2. The molecule has 1 aliphatic carbocycles. The van der Waals surface area contributed by atoms with Crippen molar-refractivity contribution in [2.45, 2.75) is 18.9 Å². The van der Waals surface area contributed by atoms with Crippen LogP contribution in [0.4, 0.5) is 8.78 Å². The number of rotatable bonds is 2. The molecule has 1 saturated carbocycles. The lowest BCUT2D eigenvalue weighted by Crippen LogP contribution is -2.06. The SMILES string of the molecule is FC1(F)CC1Cn1ncc2ccc(Br)cc21. The minimum absolute atomic E-state index is 0.0116. The summed E-state index contributed by atoms with van der Waals surface area (Å²) in [5.41, 5.74) is 0.900. The van der Waals surface area contributed by atoms with E-state index in [2.05, 4.69) is 21.0 Å². The van der Waals surface area contributed by atoms with Gasteiger partial charge in [-0.25, -0.2) is 8.78 Å². The first-order valence-electron chi connectivity index (χ1n) is 5.05. The van der Waals surface area contributed by atoms with Gasteiger partial charge in [-0.1, -0.05) is 22.0 Å². The quantitative estimate of drug-likeness (QED) is 0.827. The Morgan fingerprint density at radius 1 is 1.50 bits per heavy atom. The highest BCUT2D eigenvalue weighted by Crippen LogP contribution is 2.49. The Bertz CT molecular complexity index is 550. The molecule has 16 heavy (non-hydrogen) atoms. The lowest BCUT2D eigenvalue weighted by Gasteiger charge is -2.02. The van der Waals surface area contributed by atoms with Gasteiger partial charge in [-0.2, -0.15) is 5.10 Å². The van der Waals surface area contributed by atoms with Crippen molar-refractivity contribution in [3.63, 3.8) is 0 Å². The first kappa shape index (κ1) is 10.2. The van der Waals surface area contributed by atoms with Gasteiger partial charge in [0.2, 0.25) is 0 Å². The topological polar surface area (TPSA) is 17.8 Å². The number of benzene rings is 1. The number of aromatic nitrogens is 2. The smallest absolute Gasteiger partial charge is 0.253 e. The molecule has 0 amide bonds. The zero-order valence-electron chi connectivity index (χ0n) is 8.33. The number of halogens is 3. The van der Waals surface area contributed by atoms with E-state index >= 15 is 0 Å². The lowest BCUT2D eigenvalue weighted by atomic mass is 10.2. The van der Waals surface area contributed by atoms with Gasteiger partial charge in [-0.3, -0.25) is 4.68 Å². The molecule has 1 unspecified atom stereocenters. The van der Waals surface area contributed by atoms with Gasteiger partial charge in [0.15, 0.2) is 0 Å². The predicted octanol–water partition coefficient (Wildman–Crippen LogP) is 3.45. The zero-order valence-corrected chi connectivity index (χ0v) is 9.92. The fourth-order valence-corrected chi connectivity index (χ4v) is 2.21. The molecule has 2 nitrogen and oxygen atoms in total.